The van der Waals surface area contributed by atoms with Gasteiger partial charge in [0.1, 0.15) is 0 Å². The van der Waals surface area contributed by atoms with Crippen LogP contribution in [0.4, 0.5) is 5.69 Å². The molecule has 3 rings (SSSR count). The van der Waals surface area contributed by atoms with Gasteiger partial charge in [-0.25, -0.2) is 4.79 Å². The summed E-state index contributed by atoms with van der Waals surface area (Å²) in [7, 11) is 0. The van der Waals surface area contributed by atoms with Crippen molar-refractivity contribution in [1.82, 2.24) is 4.90 Å². The van der Waals surface area contributed by atoms with Crippen LogP contribution in [0.5, 0.6) is 0 Å². The van der Waals surface area contributed by atoms with Gasteiger partial charge in [-0.15, -0.1) is 0 Å². The van der Waals surface area contributed by atoms with Crippen molar-refractivity contribution in [3.05, 3.63) is 65.2 Å². The first-order valence-electron chi connectivity index (χ1n) is 11.4. The average Bonchev–Trinajstić information content (AvgIpc) is 2.75. The summed E-state index contributed by atoms with van der Waals surface area (Å²) in [6.07, 6.45) is 5.53. The number of carbonyl (C=O) groups excluding carboxylic acids is 1. The lowest BCUT2D eigenvalue weighted by molar-refractivity contribution is -0.121. The second kappa shape index (κ2) is 11.1. The number of benzene rings is 2. The highest BCUT2D eigenvalue weighted by Gasteiger charge is 2.23. The molecule has 0 unspecified atom stereocenters. The topological polar surface area (TPSA) is 60.9 Å². The van der Waals surface area contributed by atoms with E-state index in [2.05, 4.69) is 17.0 Å². The Balaban J connectivity index is 2.00. The molecule has 0 aromatic heterocycles. The van der Waals surface area contributed by atoms with Crippen molar-refractivity contribution in [2.75, 3.05) is 18.0 Å². The van der Waals surface area contributed by atoms with Crippen LogP contribution in [0.2, 0.25) is 0 Å². The highest BCUT2D eigenvalue weighted by molar-refractivity contribution is 5.96. The third-order valence-electron chi connectivity index (χ3n) is 5.88. The Hall–Kier alpha value is -2.66. The number of amides is 1. The molecule has 1 aliphatic rings. The van der Waals surface area contributed by atoms with E-state index in [1.54, 1.807) is 12.1 Å². The zero-order chi connectivity index (χ0) is 22.2. The molecule has 166 valence electrons. The summed E-state index contributed by atoms with van der Waals surface area (Å²) >= 11 is 0. The van der Waals surface area contributed by atoms with E-state index in [1.165, 1.54) is 18.4 Å². The van der Waals surface area contributed by atoms with Gasteiger partial charge in [-0.05, 0) is 48.7 Å². The minimum absolute atomic E-state index is 0.0935. The fraction of sp³-hybridized carbons (Fsp3) is 0.462. The van der Waals surface area contributed by atoms with Crippen molar-refractivity contribution in [3.8, 4) is 0 Å². The Kier molecular flexibility index (Phi) is 8.24. The zero-order valence-electron chi connectivity index (χ0n) is 18.7. The lowest BCUT2D eigenvalue weighted by Crippen LogP contribution is -2.37. The van der Waals surface area contributed by atoms with Gasteiger partial charge in [0.25, 0.3) is 0 Å². The molecule has 0 spiro atoms. The number of nitrogens with zero attached hydrogens (tertiary/aromatic N) is 2. The van der Waals surface area contributed by atoms with Crippen LogP contribution < -0.4 is 4.90 Å². The fourth-order valence-corrected chi connectivity index (χ4v) is 4.20. The second-order valence-corrected chi connectivity index (χ2v) is 8.76. The number of rotatable bonds is 4. The standard InChI is InChI=1S/C26H34N2O3/c1-20(2)25(29)28-16-10-5-3-4-9-15-27(18-21-11-7-6-8-12-21)19-23-17-22(26(30)31)13-14-24(23)28/h6-8,11-14,17,20H,3-5,9-10,15-16,18-19H2,1-2H3,(H,30,31). The maximum Gasteiger partial charge on any atom is 0.335 e. The number of hydrogen-bond donors (Lipinski definition) is 1. The molecule has 0 bridgehead atoms. The highest BCUT2D eigenvalue weighted by atomic mass is 16.4. The first-order chi connectivity index (χ1) is 15.0. The molecule has 1 N–H and O–H groups in total. The molecule has 0 saturated heterocycles. The lowest BCUT2D eigenvalue weighted by Gasteiger charge is -2.30. The molecule has 2 aromatic carbocycles. The predicted molar refractivity (Wildman–Crippen MR) is 124 cm³/mol. The maximum absolute atomic E-state index is 13.1. The molecule has 5 nitrogen and oxygen atoms in total. The van der Waals surface area contributed by atoms with Crippen LogP contribution in [0.3, 0.4) is 0 Å². The highest BCUT2D eigenvalue weighted by Crippen LogP contribution is 2.27. The number of fused-ring (bicyclic) bond motifs is 1. The van der Waals surface area contributed by atoms with Crippen LogP contribution in [0.25, 0.3) is 0 Å². The summed E-state index contributed by atoms with van der Waals surface area (Å²) in [4.78, 5) is 29.0. The summed E-state index contributed by atoms with van der Waals surface area (Å²) in [6.45, 7) is 6.89. The van der Waals surface area contributed by atoms with Crippen molar-refractivity contribution < 1.29 is 14.7 Å². The van der Waals surface area contributed by atoms with E-state index in [-0.39, 0.29) is 17.4 Å². The van der Waals surface area contributed by atoms with E-state index in [1.807, 2.05) is 43.0 Å². The van der Waals surface area contributed by atoms with Gasteiger partial charge in [-0.2, -0.15) is 0 Å². The molecular formula is C26H34N2O3. The Morgan fingerprint density at radius 1 is 0.935 bits per heavy atom. The molecule has 0 fully saturated rings. The molecule has 1 heterocycles. The summed E-state index contributed by atoms with van der Waals surface area (Å²) in [5.74, 6) is -0.957. The van der Waals surface area contributed by atoms with Gasteiger partial charge in [-0.1, -0.05) is 63.4 Å². The van der Waals surface area contributed by atoms with Gasteiger partial charge in [0.05, 0.1) is 5.56 Å². The molecule has 1 aliphatic heterocycles. The van der Waals surface area contributed by atoms with Gasteiger partial charge in [-0.3, -0.25) is 9.69 Å². The number of carboxylic acid groups (broad SMARTS) is 1. The maximum atomic E-state index is 13.1. The molecule has 0 atom stereocenters. The van der Waals surface area contributed by atoms with Gasteiger partial charge in [0.2, 0.25) is 5.91 Å². The van der Waals surface area contributed by atoms with Crippen LogP contribution in [0.1, 0.15) is 67.4 Å². The summed E-state index contributed by atoms with van der Waals surface area (Å²) in [5.41, 5.74) is 3.26. The Bertz CT molecular complexity index is 879. The number of carbonyl (C=O) groups is 2. The predicted octanol–water partition coefficient (Wildman–Crippen LogP) is 5.34. The van der Waals surface area contributed by atoms with Gasteiger partial charge in [0.15, 0.2) is 0 Å². The molecule has 0 radical (unpaired) electrons. The third kappa shape index (κ3) is 6.41. The molecular weight excluding hydrogens is 388 g/mol. The average molecular weight is 423 g/mol. The van der Waals surface area contributed by atoms with Crippen LogP contribution in [0, 0.1) is 5.92 Å². The molecule has 0 aliphatic carbocycles. The zero-order valence-corrected chi connectivity index (χ0v) is 18.7. The van der Waals surface area contributed by atoms with E-state index in [0.29, 0.717) is 13.1 Å². The van der Waals surface area contributed by atoms with Crippen LogP contribution >= 0.6 is 0 Å². The van der Waals surface area contributed by atoms with E-state index in [0.717, 1.165) is 43.6 Å². The van der Waals surface area contributed by atoms with Crippen molar-refractivity contribution >= 4 is 17.6 Å². The normalized spacial score (nSPS) is 16.3. The minimum Gasteiger partial charge on any atom is -0.478 e. The van der Waals surface area contributed by atoms with Gasteiger partial charge < -0.3 is 10.0 Å². The van der Waals surface area contributed by atoms with Crippen molar-refractivity contribution in [2.24, 2.45) is 5.92 Å². The largest absolute Gasteiger partial charge is 0.478 e. The van der Waals surface area contributed by atoms with Crippen molar-refractivity contribution in [2.45, 2.75) is 59.0 Å². The summed E-state index contributed by atoms with van der Waals surface area (Å²) in [6, 6.07) is 15.6. The molecule has 5 heteroatoms. The second-order valence-electron chi connectivity index (χ2n) is 8.76. The lowest BCUT2D eigenvalue weighted by atomic mass is 10.0. The first kappa shape index (κ1) is 23.0. The third-order valence-corrected chi connectivity index (χ3v) is 5.88. The van der Waals surface area contributed by atoms with E-state index < -0.39 is 5.97 Å². The van der Waals surface area contributed by atoms with Crippen LogP contribution in [0.15, 0.2) is 48.5 Å². The monoisotopic (exact) mass is 422 g/mol. The molecule has 2 aromatic rings. The van der Waals surface area contributed by atoms with E-state index in [9.17, 15) is 14.7 Å². The molecule has 31 heavy (non-hydrogen) atoms. The summed E-state index contributed by atoms with van der Waals surface area (Å²) in [5, 5.41) is 9.57. The number of anilines is 1. The van der Waals surface area contributed by atoms with E-state index in [4.69, 9.17) is 0 Å². The van der Waals surface area contributed by atoms with Gasteiger partial charge in [0, 0.05) is 31.2 Å². The summed E-state index contributed by atoms with van der Waals surface area (Å²) < 4.78 is 0. The minimum atomic E-state index is -0.940. The molecule has 1 amide bonds. The van der Waals surface area contributed by atoms with Crippen molar-refractivity contribution in [1.29, 1.82) is 0 Å². The van der Waals surface area contributed by atoms with E-state index >= 15 is 0 Å². The smallest absolute Gasteiger partial charge is 0.335 e. The van der Waals surface area contributed by atoms with Crippen LogP contribution in [-0.2, 0) is 17.9 Å². The Morgan fingerprint density at radius 3 is 2.29 bits per heavy atom. The Labute approximate surface area is 185 Å². The number of hydrogen-bond acceptors (Lipinski definition) is 3. The SMILES string of the molecule is CC(C)C(=O)N1CCCCCCCN(Cc2ccccc2)Cc2cc(C(=O)O)ccc21. The van der Waals surface area contributed by atoms with Gasteiger partial charge >= 0.3 is 5.97 Å². The van der Waals surface area contributed by atoms with Crippen molar-refractivity contribution in [3.63, 3.8) is 0 Å². The Morgan fingerprint density at radius 2 is 1.61 bits per heavy atom. The van der Waals surface area contributed by atoms with Crippen LogP contribution in [-0.4, -0.2) is 35.0 Å². The number of aromatic carboxylic acids is 1. The quantitative estimate of drug-likeness (QED) is 0.722. The molecule has 0 saturated carbocycles. The fourth-order valence-electron chi connectivity index (χ4n) is 4.20. The number of carboxylic acids is 1. The first-order valence-corrected chi connectivity index (χ1v) is 11.4.